The molecule has 2 aromatic carbocycles. The largest absolute Gasteiger partial charge is 0.493 e. The Morgan fingerprint density at radius 2 is 1.75 bits per heavy atom. The first-order valence-electron chi connectivity index (χ1n) is 12.2. The molecule has 0 bridgehead atoms. The molecule has 0 fully saturated rings. The first-order valence-corrected chi connectivity index (χ1v) is 13.7. The van der Waals surface area contributed by atoms with E-state index in [-0.39, 0.29) is 36.1 Å². The van der Waals surface area contributed by atoms with Crippen molar-refractivity contribution < 1.29 is 31.8 Å². The Bertz CT molecular complexity index is 1670. The van der Waals surface area contributed by atoms with Crippen LogP contribution >= 0.6 is 0 Å². The maximum absolute atomic E-state index is 14.1. The predicted octanol–water partition coefficient (Wildman–Crippen LogP) is 4.20. The summed E-state index contributed by atoms with van der Waals surface area (Å²) in [6.07, 6.45) is 3.29. The van der Waals surface area contributed by atoms with Crippen molar-refractivity contribution in [2.45, 2.75) is 36.3 Å². The highest BCUT2D eigenvalue weighted by Crippen LogP contribution is 2.33. The zero-order valence-corrected chi connectivity index (χ0v) is 22.8. The van der Waals surface area contributed by atoms with E-state index in [1.807, 2.05) is 6.92 Å². The number of methoxy groups -OCH3 is 1. The van der Waals surface area contributed by atoms with Gasteiger partial charge in [0.05, 0.1) is 17.5 Å². The smallest absolute Gasteiger partial charge is 0.296 e. The minimum absolute atomic E-state index is 0.0123. The van der Waals surface area contributed by atoms with Crippen LogP contribution in [0.1, 0.15) is 29.9 Å². The van der Waals surface area contributed by atoms with Gasteiger partial charge < -0.3 is 14.6 Å². The quantitative estimate of drug-likeness (QED) is 0.301. The number of rotatable bonds is 10. The van der Waals surface area contributed by atoms with E-state index in [2.05, 4.69) is 9.97 Å². The molecular weight excluding hydrogens is 544 g/mol. The van der Waals surface area contributed by atoms with Crippen LogP contribution in [0.3, 0.4) is 0 Å². The SMILES string of the molecule is CCOCc1nc(=O)c(S(=O)(=O)c2ccc(-c3ccncc3C)cc2)c(O)n1C(COC)c1cc(F)cc(F)c1. The van der Waals surface area contributed by atoms with E-state index in [1.165, 1.54) is 19.2 Å². The molecule has 4 aromatic rings. The monoisotopic (exact) mass is 571 g/mol. The number of benzene rings is 2. The Morgan fingerprint density at radius 3 is 2.35 bits per heavy atom. The van der Waals surface area contributed by atoms with Gasteiger partial charge in [0.25, 0.3) is 5.56 Å². The van der Waals surface area contributed by atoms with E-state index in [0.717, 1.165) is 33.4 Å². The fourth-order valence-electron chi connectivity index (χ4n) is 4.38. The third-order valence-electron chi connectivity index (χ3n) is 6.24. The zero-order valence-electron chi connectivity index (χ0n) is 22.0. The number of halogens is 2. The Morgan fingerprint density at radius 1 is 1.07 bits per heavy atom. The van der Waals surface area contributed by atoms with Crippen LogP contribution in [-0.2, 0) is 25.9 Å². The van der Waals surface area contributed by atoms with Crippen LogP contribution < -0.4 is 5.56 Å². The molecule has 210 valence electrons. The van der Waals surface area contributed by atoms with E-state index in [4.69, 9.17) is 9.47 Å². The van der Waals surface area contributed by atoms with Crippen molar-refractivity contribution in [2.75, 3.05) is 20.3 Å². The number of sulfone groups is 1. The molecule has 2 heterocycles. The van der Waals surface area contributed by atoms with Crippen molar-refractivity contribution in [2.24, 2.45) is 0 Å². The van der Waals surface area contributed by atoms with Gasteiger partial charge in [-0.3, -0.25) is 14.3 Å². The van der Waals surface area contributed by atoms with Crippen molar-refractivity contribution in [3.05, 3.63) is 99.9 Å². The Labute approximate surface area is 229 Å². The van der Waals surface area contributed by atoms with Gasteiger partial charge in [-0.1, -0.05) is 12.1 Å². The number of hydrogen-bond donors (Lipinski definition) is 1. The van der Waals surface area contributed by atoms with E-state index in [0.29, 0.717) is 6.07 Å². The second kappa shape index (κ2) is 12.0. The standard InChI is InChI=1S/C28H27F2N3O6S/c1-4-39-16-25-32-27(34)26(28(35)33(25)24(15-38-3)19-11-20(29)13-21(30)12-19)40(36,37)22-7-5-18(6-8-22)23-9-10-31-14-17(23)2/h5-14,24,35H,4,15-16H2,1-3H3. The first-order chi connectivity index (χ1) is 19.1. The van der Waals surface area contributed by atoms with Crippen molar-refractivity contribution in [1.29, 1.82) is 0 Å². The highest BCUT2D eigenvalue weighted by Gasteiger charge is 2.32. The summed E-state index contributed by atoms with van der Waals surface area (Å²) in [6, 6.07) is 9.11. The molecule has 0 saturated carbocycles. The summed E-state index contributed by atoms with van der Waals surface area (Å²) < 4.78 is 67.3. The van der Waals surface area contributed by atoms with Crippen molar-refractivity contribution in [3.63, 3.8) is 0 Å². The molecular formula is C28H27F2N3O6S. The van der Waals surface area contributed by atoms with E-state index in [1.54, 1.807) is 37.5 Å². The van der Waals surface area contributed by atoms with Crippen LogP contribution in [0.5, 0.6) is 5.88 Å². The summed E-state index contributed by atoms with van der Waals surface area (Å²) in [6.45, 7) is 3.22. The van der Waals surface area contributed by atoms with Crippen LogP contribution in [0, 0.1) is 18.6 Å². The maximum Gasteiger partial charge on any atom is 0.296 e. The number of aryl methyl sites for hydroxylation is 1. The van der Waals surface area contributed by atoms with Gasteiger partial charge >= 0.3 is 0 Å². The summed E-state index contributed by atoms with van der Waals surface area (Å²) in [4.78, 5) is 19.8. The third-order valence-corrected chi connectivity index (χ3v) is 8.03. The summed E-state index contributed by atoms with van der Waals surface area (Å²) in [5.41, 5.74) is 1.25. The van der Waals surface area contributed by atoms with E-state index >= 15 is 0 Å². The van der Waals surface area contributed by atoms with Gasteiger partial charge in [-0.2, -0.15) is 4.98 Å². The van der Waals surface area contributed by atoms with Gasteiger partial charge in [-0.25, -0.2) is 17.2 Å². The predicted molar refractivity (Wildman–Crippen MR) is 142 cm³/mol. The summed E-state index contributed by atoms with van der Waals surface area (Å²) in [7, 11) is -3.28. The second-order valence-corrected chi connectivity index (χ2v) is 10.8. The fraction of sp³-hybridized carbons (Fsp3) is 0.250. The molecule has 1 N–H and O–H groups in total. The number of hydrogen-bond acceptors (Lipinski definition) is 8. The Kier molecular flexibility index (Phi) is 8.72. The molecule has 1 atom stereocenters. The minimum Gasteiger partial charge on any atom is -0.493 e. The number of nitrogens with zero attached hydrogens (tertiary/aromatic N) is 3. The molecule has 0 aliphatic carbocycles. The minimum atomic E-state index is -4.60. The molecule has 40 heavy (non-hydrogen) atoms. The zero-order chi connectivity index (χ0) is 29.0. The molecule has 0 aliphatic heterocycles. The van der Waals surface area contributed by atoms with Gasteiger partial charge in [-0.15, -0.1) is 0 Å². The highest BCUT2D eigenvalue weighted by atomic mass is 32.2. The molecule has 12 heteroatoms. The summed E-state index contributed by atoms with van der Waals surface area (Å²) in [5.74, 6) is -2.91. The van der Waals surface area contributed by atoms with Gasteiger partial charge in [0.1, 0.15) is 24.1 Å². The van der Waals surface area contributed by atoms with Crippen LogP contribution in [0.15, 0.2) is 75.5 Å². The van der Waals surface area contributed by atoms with Gasteiger partial charge in [0.15, 0.2) is 4.90 Å². The Balaban J connectivity index is 1.90. The average molecular weight is 572 g/mol. The molecule has 0 amide bonds. The van der Waals surface area contributed by atoms with Crippen molar-refractivity contribution in [1.82, 2.24) is 14.5 Å². The number of aromatic hydroxyl groups is 1. The first kappa shape index (κ1) is 29.0. The van der Waals surface area contributed by atoms with Crippen LogP contribution in [-0.4, -0.2) is 48.4 Å². The van der Waals surface area contributed by atoms with E-state index < -0.39 is 43.8 Å². The van der Waals surface area contributed by atoms with Crippen molar-refractivity contribution >= 4 is 9.84 Å². The molecule has 4 rings (SSSR count). The third kappa shape index (κ3) is 5.79. The van der Waals surface area contributed by atoms with Gasteiger partial charge in [-0.05, 0) is 66.4 Å². The van der Waals surface area contributed by atoms with Crippen molar-refractivity contribution in [3.8, 4) is 17.0 Å². The second-order valence-electron chi connectivity index (χ2n) is 8.89. The molecule has 0 saturated heterocycles. The molecule has 1 unspecified atom stereocenters. The highest BCUT2D eigenvalue weighted by molar-refractivity contribution is 7.91. The lowest BCUT2D eigenvalue weighted by molar-refractivity contribution is 0.114. The van der Waals surface area contributed by atoms with Crippen LogP contribution in [0.4, 0.5) is 8.78 Å². The topological polar surface area (TPSA) is 121 Å². The molecule has 2 aromatic heterocycles. The normalized spacial score (nSPS) is 12.4. The molecule has 0 aliphatic rings. The lowest BCUT2D eigenvalue weighted by atomic mass is 10.0. The summed E-state index contributed by atoms with van der Waals surface area (Å²) >= 11 is 0. The lowest BCUT2D eigenvalue weighted by Gasteiger charge is -2.25. The van der Waals surface area contributed by atoms with Gasteiger partial charge in [0.2, 0.25) is 15.7 Å². The summed E-state index contributed by atoms with van der Waals surface area (Å²) in [5, 5.41) is 11.4. The van der Waals surface area contributed by atoms with Crippen LogP contribution in [0.2, 0.25) is 0 Å². The lowest BCUT2D eigenvalue weighted by Crippen LogP contribution is -2.29. The molecule has 9 nitrogen and oxygen atoms in total. The maximum atomic E-state index is 14.1. The Hall–Kier alpha value is -4.00. The van der Waals surface area contributed by atoms with Gasteiger partial charge in [0, 0.05) is 32.2 Å². The molecule has 0 spiro atoms. The number of aromatic nitrogens is 3. The van der Waals surface area contributed by atoms with E-state index in [9.17, 15) is 27.1 Å². The molecule has 0 radical (unpaired) electrons. The van der Waals surface area contributed by atoms with Crippen LogP contribution in [0.25, 0.3) is 11.1 Å². The number of pyridine rings is 1. The average Bonchev–Trinajstić information content (AvgIpc) is 2.90. The number of ether oxygens (including phenoxy) is 2. The fourth-order valence-corrected chi connectivity index (χ4v) is 5.73.